The third kappa shape index (κ3) is 5.53. The third-order valence-corrected chi connectivity index (χ3v) is 2.15. The molecule has 0 radical (unpaired) electrons. The molecule has 0 amide bonds. The van der Waals surface area contributed by atoms with E-state index in [9.17, 15) is 0 Å². The molecule has 0 spiro atoms. The number of phenolic OH excluding ortho intramolecular Hbond substituents is 1. The van der Waals surface area contributed by atoms with Gasteiger partial charge in [-0.1, -0.05) is 18.2 Å². The van der Waals surface area contributed by atoms with E-state index in [0.717, 1.165) is 31.7 Å². The molecule has 1 aromatic rings. The summed E-state index contributed by atoms with van der Waals surface area (Å²) in [6.07, 6.45) is 2.75. The molecule has 0 aromatic heterocycles. The summed E-state index contributed by atoms with van der Waals surface area (Å²) in [7, 11) is 0. The first-order chi connectivity index (χ1) is 7.83. The molecule has 0 unspecified atom stereocenters. The summed E-state index contributed by atoms with van der Waals surface area (Å²) in [6, 6.07) is 7.19. The Balaban J connectivity index is 2.02. The fraction of sp³-hybridized carbons (Fsp3) is 0.385. The standard InChI is InChI=1S/C13H19NO2/c1-2-3-9-16-10-8-14-11-12-4-6-13(15)7-5-12/h2,4-7,14-15H,1,3,8-11H2. The van der Waals surface area contributed by atoms with E-state index in [0.29, 0.717) is 12.4 Å². The lowest BCUT2D eigenvalue weighted by Gasteiger charge is -2.05. The lowest BCUT2D eigenvalue weighted by Crippen LogP contribution is -2.19. The second-order valence-electron chi connectivity index (χ2n) is 3.53. The molecule has 0 saturated heterocycles. The highest BCUT2D eigenvalue weighted by Gasteiger charge is 1.93. The van der Waals surface area contributed by atoms with Gasteiger partial charge >= 0.3 is 0 Å². The molecule has 0 heterocycles. The summed E-state index contributed by atoms with van der Waals surface area (Å²) in [6.45, 7) is 6.71. The fourth-order valence-corrected chi connectivity index (χ4v) is 1.26. The molecule has 0 bridgehead atoms. The number of hydrogen-bond donors (Lipinski definition) is 2. The molecule has 1 aromatic carbocycles. The van der Waals surface area contributed by atoms with E-state index in [1.54, 1.807) is 12.1 Å². The van der Waals surface area contributed by atoms with Crippen LogP contribution in [0.25, 0.3) is 0 Å². The maximum Gasteiger partial charge on any atom is 0.115 e. The molecule has 3 nitrogen and oxygen atoms in total. The smallest absolute Gasteiger partial charge is 0.115 e. The van der Waals surface area contributed by atoms with Crippen LogP contribution in [-0.2, 0) is 11.3 Å². The van der Waals surface area contributed by atoms with Crippen LogP contribution in [0.5, 0.6) is 5.75 Å². The second kappa shape index (κ2) is 7.91. The van der Waals surface area contributed by atoms with Crippen LogP contribution in [0.1, 0.15) is 12.0 Å². The van der Waals surface area contributed by atoms with Crippen molar-refractivity contribution in [3.63, 3.8) is 0 Å². The van der Waals surface area contributed by atoms with Gasteiger partial charge in [0.2, 0.25) is 0 Å². The number of benzene rings is 1. The van der Waals surface area contributed by atoms with Gasteiger partial charge in [-0.2, -0.15) is 0 Å². The number of ether oxygens (including phenoxy) is 1. The van der Waals surface area contributed by atoms with E-state index in [1.807, 2.05) is 18.2 Å². The summed E-state index contributed by atoms with van der Waals surface area (Å²) in [5, 5.41) is 12.4. The summed E-state index contributed by atoms with van der Waals surface area (Å²) in [5.74, 6) is 0.302. The Labute approximate surface area is 96.8 Å². The number of hydrogen-bond acceptors (Lipinski definition) is 3. The molecular formula is C13H19NO2. The van der Waals surface area contributed by atoms with Crippen molar-refractivity contribution in [3.05, 3.63) is 42.5 Å². The summed E-state index contributed by atoms with van der Waals surface area (Å²) < 4.78 is 5.36. The molecule has 0 atom stereocenters. The summed E-state index contributed by atoms with van der Waals surface area (Å²) >= 11 is 0. The van der Waals surface area contributed by atoms with Crippen LogP contribution in [0.2, 0.25) is 0 Å². The zero-order valence-electron chi connectivity index (χ0n) is 9.48. The Hall–Kier alpha value is -1.32. The van der Waals surface area contributed by atoms with Crippen molar-refractivity contribution in [2.45, 2.75) is 13.0 Å². The normalized spacial score (nSPS) is 10.2. The average Bonchev–Trinajstić information content (AvgIpc) is 2.30. The zero-order chi connectivity index (χ0) is 11.6. The molecule has 0 saturated carbocycles. The Morgan fingerprint density at radius 1 is 1.25 bits per heavy atom. The van der Waals surface area contributed by atoms with E-state index in [2.05, 4.69) is 11.9 Å². The summed E-state index contributed by atoms with van der Waals surface area (Å²) in [5.41, 5.74) is 1.16. The van der Waals surface area contributed by atoms with E-state index in [1.165, 1.54) is 0 Å². The van der Waals surface area contributed by atoms with Crippen LogP contribution in [0.15, 0.2) is 36.9 Å². The maximum absolute atomic E-state index is 9.10. The molecule has 0 aliphatic carbocycles. The topological polar surface area (TPSA) is 41.5 Å². The van der Waals surface area contributed by atoms with Gasteiger partial charge in [-0.05, 0) is 24.1 Å². The van der Waals surface area contributed by atoms with E-state index >= 15 is 0 Å². The van der Waals surface area contributed by atoms with Gasteiger partial charge in [-0.25, -0.2) is 0 Å². The quantitative estimate of drug-likeness (QED) is 0.521. The van der Waals surface area contributed by atoms with Crippen molar-refractivity contribution in [3.8, 4) is 5.75 Å². The van der Waals surface area contributed by atoms with Crippen molar-refractivity contribution in [2.75, 3.05) is 19.8 Å². The number of rotatable bonds is 8. The monoisotopic (exact) mass is 221 g/mol. The van der Waals surface area contributed by atoms with Crippen molar-refractivity contribution < 1.29 is 9.84 Å². The first-order valence-corrected chi connectivity index (χ1v) is 5.50. The maximum atomic E-state index is 9.10. The lowest BCUT2D eigenvalue weighted by molar-refractivity contribution is 0.140. The van der Waals surface area contributed by atoms with Crippen molar-refractivity contribution >= 4 is 0 Å². The molecule has 0 fully saturated rings. The molecule has 16 heavy (non-hydrogen) atoms. The van der Waals surface area contributed by atoms with Gasteiger partial charge in [0, 0.05) is 13.1 Å². The van der Waals surface area contributed by atoms with Crippen molar-refractivity contribution in [1.29, 1.82) is 0 Å². The largest absolute Gasteiger partial charge is 0.508 e. The minimum atomic E-state index is 0.302. The molecule has 1 rings (SSSR count). The fourth-order valence-electron chi connectivity index (χ4n) is 1.26. The molecule has 0 aliphatic rings. The summed E-state index contributed by atoms with van der Waals surface area (Å²) in [4.78, 5) is 0. The minimum Gasteiger partial charge on any atom is -0.508 e. The predicted molar refractivity (Wildman–Crippen MR) is 65.4 cm³/mol. The number of aromatic hydroxyl groups is 1. The van der Waals surface area contributed by atoms with Gasteiger partial charge in [0.25, 0.3) is 0 Å². The zero-order valence-corrected chi connectivity index (χ0v) is 9.48. The Kier molecular flexibility index (Phi) is 6.30. The SMILES string of the molecule is C=CCCOCCNCc1ccc(O)cc1. The second-order valence-corrected chi connectivity index (χ2v) is 3.53. The third-order valence-electron chi connectivity index (χ3n) is 2.15. The molecular weight excluding hydrogens is 202 g/mol. The highest BCUT2D eigenvalue weighted by molar-refractivity contribution is 5.25. The Bertz CT molecular complexity index is 295. The Morgan fingerprint density at radius 2 is 2.00 bits per heavy atom. The molecule has 3 heteroatoms. The molecule has 0 aliphatic heterocycles. The highest BCUT2D eigenvalue weighted by atomic mass is 16.5. The molecule has 88 valence electrons. The van der Waals surface area contributed by atoms with Gasteiger partial charge in [-0.3, -0.25) is 0 Å². The van der Waals surface area contributed by atoms with E-state index in [4.69, 9.17) is 9.84 Å². The van der Waals surface area contributed by atoms with E-state index < -0.39 is 0 Å². The number of phenols is 1. The van der Waals surface area contributed by atoms with E-state index in [-0.39, 0.29) is 0 Å². The van der Waals surface area contributed by atoms with Gasteiger partial charge in [0.1, 0.15) is 5.75 Å². The lowest BCUT2D eigenvalue weighted by atomic mass is 10.2. The van der Waals surface area contributed by atoms with Gasteiger partial charge in [0.05, 0.1) is 13.2 Å². The van der Waals surface area contributed by atoms with Crippen LogP contribution in [0.3, 0.4) is 0 Å². The molecule has 2 N–H and O–H groups in total. The van der Waals surface area contributed by atoms with Gasteiger partial charge in [-0.15, -0.1) is 6.58 Å². The highest BCUT2D eigenvalue weighted by Crippen LogP contribution is 2.08. The van der Waals surface area contributed by atoms with Crippen LogP contribution < -0.4 is 5.32 Å². The van der Waals surface area contributed by atoms with Crippen LogP contribution in [0.4, 0.5) is 0 Å². The van der Waals surface area contributed by atoms with Gasteiger partial charge in [0.15, 0.2) is 0 Å². The van der Waals surface area contributed by atoms with Crippen LogP contribution in [-0.4, -0.2) is 24.9 Å². The predicted octanol–water partition coefficient (Wildman–Crippen LogP) is 2.07. The first kappa shape index (κ1) is 12.7. The Morgan fingerprint density at radius 3 is 2.69 bits per heavy atom. The van der Waals surface area contributed by atoms with Crippen LogP contribution in [0, 0.1) is 0 Å². The first-order valence-electron chi connectivity index (χ1n) is 5.50. The van der Waals surface area contributed by atoms with Crippen LogP contribution >= 0.6 is 0 Å². The van der Waals surface area contributed by atoms with Gasteiger partial charge < -0.3 is 15.2 Å². The van der Waals surface area contributed by atoms with Crippen molar-refractivity contribution in [1.82, 2.24) is 5.32 Å². The minimum absolute atomic E-state index is 0.302. The average molecular weight is 221 g/mol. The number of nitrogens with one attached hydrogen (secondary N) is 1. The van der Waals surface area contributed by atoms with Crippen molar-refractivity contribution in [2.24, 2.45) is 0 Å².